The number of nitrogens with zero attached hydrogens (tertiary/aromatic N) is 5. The number of thioether (sulfide) groups is 2. The highest BCUT2D eigenvalue weighted by Crippen LogP contribution is 2.26. The molecule has 5 nitrogen and oxygen atoms in total. The zero-order valence-corrected chi connectivity index (χ0v) is 14.7. The van der Waals surface area contributed by atoms with Crippen molar-refractivity contribution in [2.24, 2.45) is 0 Å². The largest absolute Gasteiger partial charge is 0.273 e. The van der Waals surface area contributed by atoms with Gasteiger partial charge in [0.1, 0.15) is 11.6 Å². The first-order valence-electron chi connectivity index (χ1n) is 7.50. The molecule has 0 fully saturated rings. The van der Waals surface area contributed by atoms with Crippen LogP contribution in [0.3, 0.4) is 0 Å². The average molecular weight is 361 g/mol. The molecule has 24 heavy (non-hydrogen) atoms. The summed E-state index contributed by atoms with van der Waals surface area (Å²) >= 11 is 3.14. The van der Waals surface area contributed by atoms with Gasteiger partial charge in [-0.25, -0.2) is 14.4 Å². The fraction of sp³-hybridized carbons (Fsp3) is 0.250. The van der Waals surface area contributed by atoms with Crippen LogP contribution in [0, 0.1) is 5.82 Å². The molecular formula is C16H16FN5S2. The fourth-order valence-corrected chi connectivity index (χ4v) is 3.56. The minimum absolute atomic E-state index is 0.261. The number of hydrogen-bond acceptors (Lipinski definition) is 6. The van der Waals surface area contributed by atoms with E-state index in [9.17, 15) is 4.39 Å². The van der Waals surface area contributed by atoms with Crippen molar-refractivity contribution in [3.05, 3.63) is 54.4 Å². The predicted octanol–water partition coefficient (Wildman–Crippen LogP) is 3.99. The number of hydrogen-bond donors (Lipinski definition) is 0. The Balaban J connectivity index is 1.87. The van der Waals surface area contributed by atoms with Crippen LogP contribution in [0.4, 0.5) is 4.39 Å². The zero-order chi connectivity index (χ0) is 16.8. The third-order valence-corrected chi connectivity index (χ3v) is 5.10. The summed E-state index contributed by atoms with van der Waals surface area (Å²) in [6, 6.07) is 8.15. The second-order valence-corrected chi connectivity index (χ2v) is 6.88. The van der Waals surface area contributed by atoms with Crippen molar-refractivity contribution in [3.63, 3.8) is 0 Å². The molecule has 0 bridgehead atoms. The zero-order valence-electron chi connectivity index (χ0n) is 13.1. The van der Waals surface area contributed by atoms with Gasteiger partial charge in [-0.15, -0.1) is 10.2 Å². The number of benzene rings is 1. The highest BCUT2D eigenvalue weighted by atomic mass is 32.2. The van der Waals surface area contributed by atoms with Gasteiger partial charge in [0, 0.05) is 23.8 Å². The van der Waals surface area contributed by atoms with Crippen LogP contribution in [0.5, 0.6) is 0 Å². The lowest BCUT2D eigenvalue weighted by molar-refractivity contribution is 0.627. The van der Waals surface area contributed by atoms with E-state index in [2.05, 4.69) is 27.1 Å². The highest BCUT2D eigenvalue weighted by molar-refractivity contribution is 7.99. The maximum atomic E-state index is 13.2. The van der Waals surface area contributed by atoms with E-state index in [-0.39, 0.29) is 5.82 Å². The van der Waals surface area contributed by atoms with Crippen molar-refractivity contribution in [2.75, 3.05) is 5.75 Å². The fourth-order valence-electron chi connectivity index (χ4n) is 2.02. The average Bonchev–Trinajstić information content (AvgIpc) is 3.02. The molecule has 0 aliphatic carbocycles. The Hall–Kier alpha value is -1.93. The first-order valence-corrected chi connectivity index (χ1v) is 9.48. The van der Waals surface area contributed by atoms with Crippen molar-refractivity contribution >= 4 is 23.5 Å². The molecule has 0 atom stereocenters. The summed E-state index contributed by atoms with van der Waals surface area (Å²) in [7, 11) is 0. The van der Waals surface area contributed by atoms with Crippen LogP contribution < -0.4 is 0 Å². The lowest BCUT2D eigenvalue weighted by atomic mass is 10.3. The van der Waals surface area contributed by atoms with Crippen LogP contribution in [0.25, 0.3) is 5.69 Å². The summed E-state index contributed by atoms with van der Waals surface area (Å²) in [5.41, 5.74) is 0.851. The maximum absolute atomic E-state index is 13.2. The van der Waals surface area contributed by atoms with Crippen molar-refractivity contribution in [2.45, 2.75) is 29.4 Å². The van der Waals surface area contributed by atoms with Crippen molar-refractivity contribution in [1.82, 2.24) is 24.7 Å². The number of rotatable bonds is 7. The van der Waals surface area contributed by atoms with E-state index in [0.29, 0.717) is 10.9 Å². The molecule has 0 radical (unpaired) electrons. The minimum Gasteiger partial charge on any atom is -0.273 e. The van der Waals surface area contributed by atoms with Gasteiger partial charge in [0.05, 0.1) is 5.75 Å². The SMILES string of the molecule is CCCSc1nnc(CSc2ncccn2)n1-c1ccc(F)cc1. The Labute approximate surface area is 148 Å². The Morgan fingerprint density at radius 3 is 2.50 bits per heavy atom. The maximum Gasteiger partial charge on any atom is 0.195 e. The van der Waals surface area contributed by atoms with Crippen LogP contribution in [0.1, 0.15) is 19.2 Å². The minimum atomic E-state index is -0.261. The van der Waals surface area contributed by atoms with Crippen molar-refractivity contribution in [1.29, 1.82) is 0 Å². The lowest BCUT2D eigenvalue weighted by Gasteiger charge is -2.09. The second-order valence-electron chi connectivity index (χ2n) is 4.88. The van der Waals surface area contributed by atoms with Gasteiger partial charge in [-0.1, -0.05) is 30.4 Å². The van der Waals surface area contributed by atoms with E-state index < -0.39 is 0 Å². The van der Waals surface area contributed by atoms with Crippen LogP contribution >= 0.6 is 23.5 Å². The summed E-state index contributed by atoms with van der Waals surface area (Å²) in [5.74, 6) is 2.07. The van der Waals surface area contributed by atoms with E-state index in [4.69, 9.17) is 0 Å². The van der Waals surface area contributed by atoms with Crippen LogP contribution in [-0.2, 0) is 5.75 Å². The van der Waals surface area contributed by atoms with Crippen LogP contribution in [-0.4, -0.2) is 30.5 Å². The number of aromatic nitrogens is 5. The molecule has 3 rings (SSSR count). The highest BCUT2D eigenvalue weighted by Gasteiger charge is 2.15. The Morgan fingerprint density at radius 1 is 1.04 bits per heavy atom. The summed E-state index contributed by atoms with van der Waals surface area (Å²) in [5, 5.41) is 10.1. The first-order chi connectivity index (χ1) is 11.8. The smallest absolute Gasteiger partial charge is 0.195 e. The van der Waals surface area contributed by atoms with Crippen molar-refractivity contribution in [3.8, 4) is 5.69 Å². The molecule has 8 heteroatoms. The summed E-state index contributed by atoms with van der Waals surface area (Å²) in [4.78, 5) is 8.41. The Bertz CT molecular complexity index is 777. The van der Waals surface area contributed by atoms with Crippen LogP contribution in [0.2, 0.25) is 0 Å². The topological polar surface area (TPSA) is 56.5 Å². The molecule has 124 valence electrons. The quantitative estimate of drug-likeness (QED) is 0.468. The predicted molar refractivity (Wildman–Crippen MR) is 93.9 cm³/mol. The second kappa shape index (κ2) is 8.25. The molecule has 0 N–H and O–H groups in total. The molecule has 0 unspecified atom stereocenters. The molecule has 0 saturated heterocycles. The summed E-state index contributed by atoms with van der Waals surface area (Å²) in [6.07, 6.45) is 4.47. The van der Waals surface area contributed by atoms with Gasteiger partial charge in [-0.05, 0) is 36.8 Å². The number of halogens is 1. The van der Waals surface area contributed by atoms with E-state index >= 15 is 0 Å². The monoisotopic (exact) mass is 361 g/mol. The van der Waals surface area contributed by atoms with Gasteiger partial charge < -0.3 is 0 Å². The molecule has 1 aromatic carbocycles. The van der Waals surface area contributed by atoms with Crippen LogP contribution in [0.15, 0.2) is 53.0 Å². The van der Waals surface area contributed by atoms with E-state index in [1.165, 1.54) is 23.9 Å². The normalized spacial score (nSPS) is 10.9. The van der Waals surface area contributed by atoms with Gasteiger partial charge in [0.25, 0.3) is 0 Å². The van der Waals surface area contributed by atoms with E-state index in [1.54, 1.807) is 42.4 Å². The lowest BCUT2D eigenvalue weighted by Crippen LogP contribution is -2.02. The van der Waals surface area contributed by atoms with Gasteiger partial charge in [-0.2, -0.15) is 0 Å². The van der Waals surface area contributed by atoms with E-state index in [0.717, 1.165) is 28.8 Å². The molecular weight excluding hydrogens is 345 g/mol. The summed E-state index contributed by atoms with van der Waals surface area (Å²) in [6.45, 7) is 2.12. The standard InChI is InChI=1S/C16H16FN5S2/c1-2-10-23-16-21-20-14(11-24-15-18-8-3-9-19-15)22(16)13-6-4-12(17)5-7-13/h3-9H,2,10-11H2,1H3. The van der Waals surface area contributed by atoms with Gasteiger partial charge >= 0.3 is 0 Å². The summed E-state index contributed by atoms with van der Waals surface area (Å²) < 4.78 is 15.2. The van der Waals surface area contributed by atoms with E-state index in [1.807, 2.05) is 4.57 Å². The van der Waals surface area contributed by atoms with Gasteiger partial charge in [-0.3, -0.25) is 4.57 Å². The molecule has 0 aliphatic rings. The third-order valence-electron chi connectivity index (χ3n) is 3.09. The third kappa shape index (κ3) is 4.12. The van der Waals surface area contributed by atoms with Gasteiger partial charge in [0.2, 0.25) is 0 Å². The molecule has 0 aliphatic heterocycles. The first kappa shape index (κ1) is 16.9. The van der Waals surface area contributed by atoms with Crippen molar-refractivity contribution < 1.29 is 4.39 Å². The molecule has 0 amide bonds. The molecule has 2 aromatic heterocycles. The molecule has 0 spiro atoms. The molecule has 2 heterocycles. The Kier molecular flexibility index (Phi) is 5.81. The molecule has 3 aromatic rings. The van der Waals surface area contributed by atoms with Gasteiger partial charge in [0.15, 0.2) is 10.3 Å². The Morgan fingerprint density at radius 2 is 1.79 bits per heavy atom. The molecule has 0 saturated carbocycles.